The second-order valence-corrected chi connectivity index (χ2v) is 10.6. The molecule has 0 bridgehead atoms. The Kier molecular flexibility index (Phi) is 6.23. The van der Waals surface area contributed by atoms with Crippen LogP contribution >= 0.6 is 0 Å². The Morgan fingerprint density at radius 3 is 2.22 bits per heavy atom. The summed E-state index contributed by atoms with van der Waals surface area (Å²) < 4.78 is 41.6. The number of aromatic nitrogens is 3. The summed E-state index contributed by atoms with van der Waals surface area (Å²) in [5.74, 6) is 1.75. The minimum Gasteiger partial charge on any atom is -0.497 e. The molecule has 1 N–H and O–H groups in total. The van der Waals surface area contributed by atoms with Crippen molar-refractivity contribution in [2.24, 2.45) is 0 Å². The van der Waals surface area contributed by atoms with Crippen molar-refractivity contribution < 1.29 is 27.2 Å². The molecule has 1 fully saturated rings. The Balaban J connectivity index is 1.42. The number of nitrogens with zero attached hydrogens (tertiary/aromatic N) is 3. The third kappa shape index (κ3) is 4.82. The van der Waals surface area contributed by atoms with Crippen LogP contribution in [0.25, 0.3) is 22.6 Å². The Morgan fingerprint density at radius 1 is 1.00 bits per heavy atom. The van der Waals surface area contributed by atoms with E-state index in [-0.39, 0.29) is 23.2 Å². The maximum absolute atomic E-state index is 13.1. The molecule has 0 unspecified atom stereocenters. The molecule has 2 aromatic carbocycles. The first kappa shape index (κ1) is 23.6. The summed E-state index contributed by atoms with van der Waals surface area (Å²) in [5.41, 5.74) is 2.22. The second-order valence-electron chi connectivity index (χ2n) is 8.40. The number of carbonyl (C=O) groups is 1. The molecule has 0 aliphatic carbocycles. The van der Waals surface area contributed by atoms with E-state index in [9.17, 15) is 13.2 Å². The van der Waals surface area contributed by atoms with Crippen LogP contribution < -0.4 is 14.8 Å². The van der Waals surface area contributed by atoms with E-state index in [0.29, 0.717) is 35.2 Å². The quantitative estimate of drug-likeness (QED) is 0.399. The van der Waals surface area contributed by atoms with Gasteiger partial charge in [0.1, 0.15) is 17.3 Å². The predicted molar refractivity (Wildman–Crippen MR) is 133 cm³/mol. The summed E-state index contributed by atoms with van der Waals surface area (Å²) in [7, 11) is 0.00207. The molecule has 3 heterocycles. The van der Waals surface area contributed by atoms with Crippen LogP contribution in [0.3, 0.4) is 0 Å². The van der Waals surface area contributed by atoms with E-state index < -0.39 is 15.7 Å². The smallest absolute Gasteiger partial charge is 0.279 e. The Hall–Kier alpha value is -4.12. The van der Waals surface area contributed by atoms with Gasteiger partial charge in [0.25, 0.3) is 5.91 Å². The summed E-state index contributed by atoms with van der Waals surface area (Å²) in [6, 6.07) is 17.4. The molecule has 1 amide bonds. The fourth-order valence-corrected chi connectivity index (χ4v) is 5.78. The third-order valence-electron chi connectivity index (χ3n) is 6.03. The van der Waals surface area contributed by atoms with Gasteiger partial charge in [-0.05, 0) is 55.0 Å². The molecule has 1 saturated heterocycles. The molecule has 0 radical (unpaired) electrons. The first-order valence-electron chi connectivity index (χ1n) is 11.2. The zero-order chi connectivity index (χ0) is 25.3. The monoisotopic (exact) mass is 508 g/mol. The molecule has 36 heavy (non-hydrogen) atoms. The molecule has 5 rings (SSSR count). The molecule has 186 valence electrons. The zero-order valence-electron chi connectivity index (χ0n) is 19.7. The molecule has 1 aliphatic heterocycles. The van der Waals surface area contributed by atoms with Crippen molar-refractivity contribution in [3.8, 4) is 34.1 Å². The molecule has 1 atom stereocenters. The van der Waals surface area contributed by atoms with E-state index in [1.165, 1.54) is 0 Å². The highest BCUT2D eigenvalue weighted by Crippen LogP contribution is 2.31. The van der Waals surface area contributed by atoms with Crippen molar-refractivity contribution >= 4 is 21.6 Å². The maximum atomic E-state index is 13.1. The van der Waals surface area contributed by atoms with E-state index in [1.54, 1.807) is 55.3 Å². The van der Waals surface area contributed by atoms with Crippen molar-refractivity contribution in [1.82, 2.24) is 14.9 Å². The summed E-state index contributed by atoms with van der Waals surface area (Å²) in [6.45, 7) is 0. The Bertz CT molecular complexity index is 1490. The van der Waals surface area contributed by atoms with Crippen molar-refractivity contribution in [2.45, 2.75) is 12.5 Å². The third-order valence-corrected chi connectivity index (χ3v) is 7.79. The fraction of sp³-hybridized carbons (Fsp3) is 0.240. The van der Waals surface area contributed by atoms with E-state index in [2.05, 4.69) is 15.6 Å². The number of sulfone groups is 1. The molecular formula is C25H24N4O6S. The fourth-order valence-electron chi connectivity index (χ4n) is 4.09. The molecule has 1 aliphatic rings. The lowest BCUT2D eigenvalue weighted by molar-refractivity contribution is 0.101. The van der Waals surface area contributed by atoms with Crippen LogP contribution in [0.4, 0.5) is 5.82 Å². The lowest BCUT2D eigenvalue weighted by atomic mass is 10.1. The summed E-state index contributed by atoms with van der Waals surface area (Å²) in [5, 5.41) is 11.4. The zero-order valence-corrected chi connectivity index (χ0v) is 20.5. The van der Waals surface area contributed by atoms with Gasteiger partial charge in [-0.15, -0.1) is 0 Å². The summed E-state index contributed by atoms with van der Waals surface area (Å²) in [4.78, 5) is 13.1. The summed E-state index contributed by atoms with van der Waals surface area (Å²) in [6.07, 6.45) is 0.417. The number of amides is 1. The van der Waals surface area contributed by atoms with Crippen LogP contribution in [0.15, 0.2) is 65.2 Å². The average molecular weight is 509 g/mol. The van der Waals surface area contributed by atoms with E-state index in [0.717, 1.165) is 11.1 Å². The van der Waals surface area contributed by atoms with Crippen LogP contribution in [0.2, 0.25) is 0 Å². The number of ether oxygens (including phenoxy) is 2. The van der Waals surface area contributed by atoms with Gasteiger partial charge in [-0.25, -0.2) is 13.1 Å². The number of carbonyl (C=O) groups excluding carboxylic acids is 1. The van der Waals surface area contributed by atoms with Gasteiger partial charge in [0.2, 0.25) is 0 Å². The number of methoxy groups -OCH3 is 2. The van der Waals surface area contributed by atoms with E-state index >= 15 is 0 Å². The minimum absolute atomic E-state index is 0.0365. The van der Waals surface area contributed by atoms with Gasteiger partial charge in [-0.3, -0.25) is 4.79 Å². The van der Waals surface area contributed by atoms with Crippen LogP contribution in [0, 0.1) is 0 Å². The molecule has 10 nitrogen and oxygen atoms in total. The highest BCUT2D eigenvalue weighted by Gasteiger charge is 2.32. The van der Waals surface area contributed by atoms with Gasteiger partial charge in [0, 0.05) is 23.3 Å². The first-order chi connectivity index (χ1) is 17.3. The number of hydrogen-bond acceptors (Lipinski definition) is 8. The Morgan fingerprint density at radius 2 is 1.64 bits per heavy atom. The largest absolute Gasteiger partial charge is 0.497 e. The maximum Gasteiger partial charge on any atom is 0.279 e. The normalized spacial score (nSPS) is 16.6. The van der Waals surface area contributed by atoms with Crippen molar-refractivity contribution in [2.75, 3.05) is 31.0 Å². The average Bonchev–Trinajstić information content (AvgIpc) is 3.62. The summed E-state index contributed by atoms with van der Waals surface area (Å²) >= 11 is 0. The predicted octanol–water partition coefficient (Wildman–Crippen LogP) is 3.83. The van der Waals surface area contributed by atoms with E-state index in [1.807, 2.05) is 24.3 Å². The van der Waals surface area contributed by atoms with Gasteiger partial charge in [0.15, 0.2) is 21.3 Å². The molecule has 11 heteroatoms. The highest BCUT2D eigenvalue weighted by molar-refractivity contribution is 7.91. The number of anilines is 1. The van der Waals surface area contributed by atoms with Crippen LogP contribution in [0.1, 0.15) is 23.0 Å². The SMILES string of the molecule is COc1ccc(-c2cc(NC(=O)c3cc(-c4ccc(OC)cc4)on3)n([C@@H]3CCS(=O)(=O)C3)n2)cc1. The van der Waals surface area contributed by atoms with Crippen molar-refractivity contribution in [3.63, 3.8) is 0 Å². The van der Waals surface area contributed by atoms with Gasteiger partial charge in [-0.2, -0.15) is 5.10 Å². The topological polar surface area (TPSA) is 126 Å². The highest BCUT2D eigenvalue weighted by atomic mass is 32.2. The number of hydrogen-bond donors (Lipinski definition) is 1. The molecule has 0 spiro atoms. The second kappa shape index (κ2) is 9.50. The van der Waals surface area contributed by atoms with Crippen LogP contribution in [-0.4, -0.2) is 55.0 Å². The van der Waals surface area contributed by atoms with Crippen LogP contribution in [-0.2, 0) is 9.84 Å². The van der Waals surface area contributed by atoms with Crippen molar-refractivity contribution in [1.29, 1.82) is 0 Å². The molecule has 2 aromatic heterocycles. The minimum atomic E-state index is -3.16. The van der Waals surface area contributed by atoms with Gasteiger partial charge in [-0.1, -0.05) is 5.16 Å². The van der Waals surface area contributed by atoms with Crippen LogP contribution in [0.5, 0.6) is 11.5 Å². The molecule has 0 saturated carbocycles. The van der Waals surface area contributed by atoms with Crippen molar-refractivity contribution in [3.05, 3.63) is 66.4 Å². The standard InChI is InChI=1S/C25H24N4O6S/c1-33-19-7-3-16(4-8-19)21-14-24(29(27-21)18-11-12-36(31,32)15-18)26-25(30)22-13-23(35-28-22)17-5-9-20(34-2)10-6-17/h3-10,13-14,18H,11-12,15H2,1-2H3,(H,26,30)/t18-/m1/s1. The van der Waals surface area contributed by atoms with Gasteiger partial charge >= 0.3 is 0 Å². The number of rotatable bonds is 7. The number of benzene rings is 2. The van der Waals surface area contributed by atoms with Gasteiger partial charge in [0.05, 0.1) is 37.5 Å². The lowest BCUT2D eigenvalue weighted by Crippen LogP contribution is -2.19. The van der Waals surface area contributed by atoms with E-state index in [4.69, 9.17) is 14.0 Å². The molecule has 4 aromatic rings. The number of nitrogens with one attached hydrogen (secondary N) is 1. The van der Waals surface area contributed by atoms with Gasteiger partial charge < -0.3 is 19.3 Å². The lowest BCUT2D eigenvalue weighted by Gasteiger charge is -2.13. The molecular weight excluding hydrogens is 484 g/mol. The first-order valence-corrected chi connectivity index (χ1v) is 13.0. The Labute approximate surface area is 207 Å².